The maximum atomic E-state index is 14.9. The van der Waals surface area contributed by atoms with Crippen LogP contribution in [0.2, 0.25) is 5.02 Å². The number of alkyl halides is 2. The molecule has 4 amide bonds. The number of rotatable bonds is 5. The first-order chi connectivity index (χ1) is 17.2. The van der Waals surface area contributed by atoms with Crippen molar-refractivity contribution < 1.29 is 28.0 Å². The molecule has 2 aromatic carbocycles. The number of amides is 4. The minimum absolute atomic E-state index is 0.00255. The Balaban J connectivity index is 1.67. The van der Waals surface area contributed by atoms with E-state index in [0.29, 0.717) is 0 Å². The molecule has 1 N–H and O–H groups in total. The van der Waals surface area contributed by atoms with E-state index < -0.39 is 52.4 Å². The van der Waals surface area contributed by atoms with Gasteiger partial charge in [0.2, 0.25) is 19.8 Å². The molecule has 1 fully saturated rings. The van der Waals surface area contributed by atoms with Gasteiger partial charge in [0.1, 0.15) is 21.7 Å². The lowest BCUT2D eigenvalue weighted by Gasteiger charge is -2.41. The number of nitrogens with one attached hydrogen (secondary N) is 1. The van der Waals surface area contributed by atoms with E-state index in [1.54, 1.807) is 0 Å². The molecule has 7 nitrogen and oxygen atoms in total. The predicted molar refractivity (Wildman–Crippen MR) is 134 cm³/mol. The highest BCUT2D eigenvalue weighted by Crippen LogP contribution is 2.38. The van der Waals surface area contributed by atoms with Gasteiger partial charge in [0.25, 0.3) is 11.8 Å². The fraction of sp³-hybridized carbons (Fsp3) is 0.273. The van der Waals surface area contributed by atoms with Gasteiger partial charge < -0.3 is 9.71 Å². The van der Waals surface area contributed by atoms with Crippen LogP contribution >= 0.6 is 11.6 Å². The molecule has 176 valence electrons. The number of benzene rings is 2. The van der Waals surface area contributed by atoms with Gasteiger partial charge in [-0.3, -0.25) is 24.5 Å². The second-order valence-electron chi connectivity index (χ2n) is 8.73. The molecule has 1 saturated heterocycles. The van der Waals surface area contributed by atoms with Crippen LogP contribution in [0.4, 0.5) is 8.78 Å². The Morgan fingerprint density at radius 1 is 1.14 bits per heavy atom. The van der Waals surface area contributed by atoms with Crippen molar-refractivity contribution in [3.05, 3.63) is 63.7 Å². The number of carbonyl (C=O) groups excluding carboxylic acids is 4. The van der Waals surface area contributed by atoms with Crippen LogP contribution in [0.25, 0.3) is 0 Å². The summed E-state index contributed by atoms with van der Waals surface area (Å²) in [5, 5.41) is -0.251. The molecule has 2 atom stereocenters. The predicted octanol–water partition coefficient (Wildman–Crippen LogP) is -0.287. The van der Waals surface area contributed by atoms with E-state index in [9.17, 15) is 28.0 Å². The van der Waals surface area contributed by atoms with Crippen LogP contribution in [0.1, 0.15) is 45.8 Å². The summed E-state index contributed by atoms with van der Waals surface area (Å²) in [4.78, 5) is 50.6. The molecule has 0 spiro atoms. The standard InChI is InChI=1S/C22H13B5ClF2N3O4/c23-14-8-12-11(17(24)32(19(12)36)15-5-6-16(34)31-18(15)35)7-13(14)22(25,26)33(27)20(37)21(29,30)9-1-3-10(28)4-2-9/h1-4,7-8,15,17H,5-6H2,(H,31,34,35). The molecule has 2 aliphatic rings. The van der Waals surface area contributed by atoms with Gasteiger partial charge in [-0.25, -0.2) is 0 Å². The molecule has 37 heavy (non-hydrogen) atoms. The Hall–Kier alpha value is -3.01. The van der Waals surface area contributed by atoms with Crippen LogP contribution in [-0.2, 0) is 25.6 Å². The molecule has 2 aliphatic heterocycles. The largest absolute Gasteiger partial charge is 0.398 e. The maximum Gasteiger partial charge on any atom is 0.348 e. The molecule has 15 heteroatoms. The van der Waals surface area contributed by atoms with E-state index in [1.807, 2.05) is 0 Å². The zero-order valence-corrected chi connectivity index (χ0v) is 19.8. The molecule has 0 saturated carbocycles. The van der Waals surface area contributed by atoms with Gasteiger partial charge in [-0.2, -0.15) is 8.78 Å². The SMILES string of the molecule is [B]c1cc2c(cc1C([B])([B])N([B])C(=O)C(F)(F)c1ccc(Cl)cc1)C([B])N(C1CCC(=O)NC1=O)C2=O. The Labute approximate surface area is 222 Å². The number of fused-ring (bicyclic) bond motifs is 1. The van der Waals surface area contributed by atoms with Gasteiger partial charge in [0.05, 0.1) is 15.7 Å². The fourth-order valence-corrected chi connectivity index (χ4v) is 4.47. The summed E-state index contributed by atoms with van der Waals surface area (Å²) < 4.78 is 29.9. The van der Waals surface area contributed by atoms with Crippen LogP contribution in [0.5, 0.6) is 0 Å². The summed E-state index contributed by atoms with van der Waals surface area (Å²) in [7, 11) is 30.1. The minimum Gasteiger partial charge on any atom is -0.398 e. The number of nitrogens with zero attached hydrogens (tertiary/aromatic N) is 2. The first-order valence-electron chi connectivity index (χ1n) is 10.8. The maximum absolute atomic E-state index is 14.9. The second-order valence-corrected chi connectivity index (χ2v) is 9.17. The van der Waals surface area contributed by atoms with Crippen molar-refractivity contribution in [3.8, 4) is 0 Å². The number of carbonyl (C=O) groups is 4. The van der Waals surface area contributed by atoms with Crippen molar-refractivity contribution in [1.29, 1.82) is 0 Å². The Morgan fingerprint density at radius 2 is 1.76 bits per heavy atom. The van der Waals surface area contributed by atoms with Crippen LogP contribution < -0.4 is 10.8 Å². The van der Waals surface area contributed by atoms with Crippen LogP contribution in [0.3, 0.4) is 0 Å². The smallest absolute Gasteiger partial charge is 0.348 e. The summed E-state index contributed by atoms with van der Waals surface area (Å²) in [5.41, 5.74) is -1.10. The van der Waals surface area contributed by atoms with Gasteiger partial charge in [-0.15, -0.1) is 0 Å². The minimum atomic E-state index is -4.14. The summed E-state index contributed by atoms with van der Waals surface area (Å²) in [6.07, 6.45) is 0.0421. The lowest BCUT2D eigenvalue weighted by Crippen LogP contribution is -2.55. The van der Waals surface area contributed by atoms with E-state index in [0.717, 1.165) is 23.1 Å². The van der Waals surface area contributed by atoms with Crippen molar-refractivity contribution in [1.82, 2.24) is 15.0 Å². The Bertz CT molecular complexity index is 1330. The highest BCUT2D eigenvalue weighted by atomic mass is 35.5. The highest BCUT2D eigenvalue weighted by Gasteiger charge is 2.47. The summed E-state index contributed by atoms with van der Waals surface area (Å²) in [6.45, 7) is 0. The topological polar surface area (TPSA) is 86.8 Å². The molecule has 0 aliphatic carbocycles. The van der Waals surface area contributed by atoms with Crippen LogP contribution in [0, 0.1) is 0 Å². The Morgan fingerprint density at radius 3 is 2.35 bits per heavy atom. The van der Waals surface area contributed by atoms with E-state index in [4.69, 9.17) is 51.0 Å². The summed E-state index contributed by atoms with van der Waals surface area (Å²) in [5.74, 6) is -9.10. The first kappa shape index (κ1) is 27.0. The third-order valence-corrected chi connectivity index (χ3v) is 6.63. The van der Waals surface area contributed by atoms with Crippen molar-refractivity contribution in [2.75, 3.05) is 0 Å². The molecule has 4 rings (SSSR count). The van der Waals surface area contributed by atoms with Crippen molar-refractivity contribution in [3.63, 3.8) is 0 Å². The van der Waals surface area contributed by atoms with Gasteiger partial charge in [0.15, 0.2) is 0 Å². The number of hydrogen-bond acceptors (Lipinski definition) is 4. The lowest BCUT2D eigenvalue weighted by molar-refractivity contribution is -0.155. The third kappa shape index (κ3) is 4.49. The zero-order valence-electron chi connectivity index (χ0n) is 19.1. The molecule has 2 unspecified atom stereocenters. The number of imide groups is 1. The average molecular weight is 511 g/mol. The monoisotopic (exact) mass is 511 g/mol. The highest BCUT2D eigenvalue weighted by molar-refractivity contribution is 6.46. The normalized spacial score (nSPS) is 20.0. The lowest BCUT2D eigenvalue weighted by atomic mass is 9.53. The molecule has 0 aromatic heterocycles. The van der Waals surface area contributed by atoms with E-state index in [1.165, 1.54) is 18.2 Å². The molecular formula is C22H13B5ClF2N3O4. The van der Waals surface area contributed by atoms with E-state index in [-0.39, 0.29) is 44.8 Å². The van der Waals surface area contributed by atoms with Gasteiger partial charge in [-0.05, 0) is 35.0 Å². The number of halogens is 3. The fourth-order valence-electron chi connectivity index (χ4n) is 4.34. The number of piperidine rings is 1. The third-order valence-electron chi connectivity index (χ3n) is 6.38. The van der Waals surface area contributed by atoms with Crippen molar-refractivity contribution >= 4 is 80.1 Å². The molecule has 2 aromatic rings. The first-order valence-corrected chi connectivity index (χ1v) is 11.2. The Kier molecular flexibility index (Phi) is 6.86. The van der Waals surface area contributed by atoms with Crippen molar-refractivity contribution in [2.24, 2.45) is 0 Å². The van der Waals surface area contributed by atoms with E-state index >= 15 is 0 Å². The molecule has 2 heterocycles. The van der Waals surface area contributed by atoms with Crippen LogP contribution in [-0.4, -0.2) is 78.7 Å². The van der Waals surface area contributed by atoms with Crippen LogP contribution in [0.15, 0.2) is 36.4 Å². The van der Waals surface area contributed by atoms with Crippen molar-refractivity contribution in [2.45, 2.75) is 36.1 Å². The molecule has 10 radical (unpaired) electrons. The summed E-state index contributed by atoms with van der Waals surface area (Å²) in [6, 6.07) is 5.52. The quantitative estimate of drug-likeness (QED) is 0.443. The molecular weight excluding hydrogens is 498 g/mol. The van der Waals surface area contributed by atoms with Gasteiger partial charge in [0, 0.05) is 28.5 Å². The van der Waals surface area contributed by atoms with Gasteiger partial charge >= 0.3 is 5.92 Å². The zero-order chi connectivity index (χ0) is 27.4. The number of hydrogen-bond donors (Lipinski definition) is 1. The average Bonchev–Trinajstić information content (AvgIpc) is 3.07. The molecule has 0 bridgehead atoms. The van der Waals surface area contributed by atoms with E-state index in [2.05, 4.69) is 5.32 Å². The second kappa shape index (κ2) is 9.38. The summed E-state index contributed by atoms with van der Waals surface area (Å²) >= 11 is 5.72. The van der Waals surface area contributed by atoms with Gasteiger partial charge in [-0.1, -0.05) is 41.3 Å².